The van der Waals surface area contributed by atoms with E-state index >= 15 is 0 Å². The van der Waals surface area contributed by atoms with Gasteiger partial charge < -0.3 is 9.47 Å². The Balaban J connectivity index is 2.04. The van der Waals surface area contributed by atoms with Gasteiger partial charge in [-0.05, 0) is 43.3 Å². The lowest BCUT2D eigenvalue weighted by atomic mass is 10.2. The van der Waals surface area contributed by atoms with E-state index < -0.39 is 10.0 Å². The Labute approximate surface area is 142 Å². The highest BCUT2D eigenvalue weighted by Gasteiger charge is 2.17. The summed E-state index contributed by atoms with van der Waals surface area (Å²) in [6, 6.07) is 13.7. The minimum atomic E-state index is -3.68. The van der Waals surface area contributed by atoms with E-state index in [9.17, 15) is 8.42 Å². The molecule has 0 heterocycles. The minimum Gasteiger partial charge on any atom is -0.497 e. The van der Waals surface area contributed by atoms with Crippen molar-refractivity contribution in [2.75, 3.05) is 20.3 Å². The molecule has 1 N–H and O–H groups in total. The van der Waals surface area contributed by atoms with Crippen molar-refractivity contribution in [2.45, 2.75) is 11.8 Å². The molecule has 2 rings (SSSR count). The predicted octanol–water partition coefficient (Wildman–Crippen LogP) is 2.42. The number of sulfonamides is 1. The van der Waals surface area contributed by atoms with Crippen LogP contribution in [-0.2, 0) is 10.0 Å². The Morgan fingerprint density at radius 1 is 1.08 bits per heavy atom. The molecule has 2 aromatic carbocycles. The summed E-state index contributed by atoms with van der Waals surface area (Å²) in [4.78, 5) is 0.109. The van der Waals surface area contributed by atoms with Crippen LogP contribution in [0.25, 0.3) is 0 Å². The van der Waals surface area contributed by atoms with Crippen molar-refractivity contribution in [3.63, 3.8) is 0 Å². The standard InChI is InChI=1S/C18H19NO4S/c1-3-23-17-8-4-5-9-18(17)24(20,21)19-14-6-7-15-10-12-16(22-2)13-11-15/h4-5,8-13,19H,3,14H2,1-2H3. The molecule has 0 radical (unpaired) electrons. The lowest BCUT2D eigenvalue weighted by molar-refractivity contribution is 0.331. The molecular formula is C18H19NO4S. The topological polar surface area (TPSA) is 64.6 Å². The first kappa shape index (κ1) is 17.9. The molecule has 126 valence electrons. The highest BCUT2D eigenvalue weighted by molar-refractivity contribution is 7.89. The molecule has 0 atom stereocenters. The highest BCUT2D eigenvalue weighted by atomic mass is 32.2. The molecule has 0 saturated carbocycles. The van der Waals surface area contributed by atoms with E-state index in [0.717, 1.165) is 11.3 Å². The molecule has 5 nitrogen and oxygen atoms in total. The largest absolute Gasteiger partial charge is 0.497 e. The van der Waals surface area contributed by atoms with Gasteiger partial charge in [0.1, 0.15) is 16.4 Å². The first-order valence-corrected chi connectivity index (χ1v) is 8.89. The zero-order valence-electron chi connectivity index (χ0n) is 13.6. The van der Waals surface area contributed by atoms with Crippen LogP contribution in [-0.4, -0.2) is 28.7 Å². The number of para-hydroxylation sites is 1. The van der Waals surface area contributed by atoms with Gasteiger partial charge in [0.05, 0.1) is 20.3 Å². The van der Waals surface area contributed by atoms with Crippen LogP contribution in [0.4, 0.5) is 0 Å². The zero-order chi connectivity index (χ0) is 17.4. The molecule has 6 heteroatoms. The summed E-state index contributed by atoms with van der Waals surface area (Å²) >= 11 is 0. The Hall–Kier alpha value is -2.49. The van der Waals surface area contributed by atoms with E-state index in [1.807, 2.05) is 12.1 Å². The average molecular weight is 345 g/mol. The van der Waals surface area contributed by atoms with Gasteiger partial charge in [-0.25, -0.2) is 8.42 Å². The first-order valence-electron chi connectivity index (χ1n) is 7.41. The summed E-state index contributed by atoms with van der Waals surface area (Å²) in [7, 11) is -2.08. The number of nitrogens with one attached hydrogen (secondary N) is 1. The monoisotopic (exact) mass is 345 g/mol. The Kier molecular flexibility index (Phi) is 6.24. The molecule has 0 bridgehead atoms. The summed E-state index contributed by atoms with van der Waals surface area (Å²) < 4.78 is 37.6. The SMILES string of the molecule is CCOc1ccccc1S(=O)(=O)NCC#Cc1ccc(OC)cc1. The predicted molar refractivity (Wildman–Crippen MR) is 92.7 cm³/mol. The smallest absolute Gasteiger partial charge is 0.245 e. The summed E-state index contributed by atoms with van der Waals surface area (Å²) in [5.41, 5.74) is 0.782. The molecule has 0 aliphatic carbocycles. The van der Waals surface area contributed by atoms with Crippen LogP contribution in [0, 0.1) is 11.8 Å². The van der Waals surface area contributed by atoms with Crippen LogP contribution in [0.2, 0.25) is 0 Å². The fourth-order valence-electron chi connectivity index (χ4n) is 1.98. The van der Waals surface area contributed by atoms with Crippen LogP contribution in [0.3, 0.4) is 0 Å². The zero-order valence-corrected chi connectivity index (χ0v) is 14.4. The van der Waals surface area contributed by atoms with Crippen molar-refractivity contribution in [3.05, 3.63) is 54.1 Å². The second kappa shape index (κ2) is 8.39. The minimum absolute atomic E-state index is 0.00875. The summed E-state index contributed by atoms with van der Waals surface area (Å²) in [5.74, 6) is 6.76. The van der Waals surface area contributed by atoms with Crippen LogP contribution in [0.15, 0.2) is 53.4 Å². The number of hydrogen-bond donors (Lipinski definition) is 1. The lowest BCUT2D eigenvalue weighted by Gasteiger charge is -2.10. The van der Waals surface area contributed by atoms with E-state index in [2.05, 4.69) is 16.6 Å². The normalized spacial score (nSPS) is 10.6. The van der Waals surface area contributed by atoms with Crippen LogP contribution < -0.4 is 14.2 Å². The third-order valence-electron chi connectivity index (χ3n) is 3.11. The van der Waals surface area contributed by atoms with Crippen molar-refractivity contribution >= 4 is 10.0 Å². The van der Waals surface area contributed by atoms with Gasteiger partial charge in [-0.3, -0.25) is 0 Å². The van der Waals surface area contributed by atoms with E-state index in [0.29, 0.717) is 12.4 Å². The molecule has 0 unspecified atom stereocenters. The average Bonchev–Trinajstić information content (AvgIpc) is 2.60. The Morgan fingerprint density at radius 3 is 2.46 bits per heavy atom. The molecule has 24 heavy (non-hydrogen) atoms. The Morgan fingerprint density at radius 2 is 1.79 bits per heavy atom. The molecule has 0 aliphatic rings. The van der Waals surface area contributed by atoms with E-state index in [4.69, 9.17) is 9.47 Å². The molecule has 0 saturated heterocycles. The number of benzene rings is 2. The first-order chi connectivity index (χ1) is 11.6. The van der Waals surface area contributed by atoms with Crippen molar-refractivity contribution in [1.29, 1.82) is 0 Å². The summed E-state index contributed by atoms with van der Waals surface area (Å²) in [5, 5.41) is 0. The number of ether oxygens (including phenoxy) is 2. The van der Waals surface area contributed by atoms with Gasteiger partial charge in [0, 0.05) is 5.56 Å². The second-order valence-corrected chi connectivity index (χ2v) is 6.47. The molecule has 0 spiro atoms. The summed E-state index contributed by atoms with van der Waals surface area (Å²) in [6.07, 6.45) is 0. The maximum absolute atomic E-state index is 12.3. The van der Waals surface area contributed by atoms with Gasteiger partial charge in [0.25, 0.3) is 0 Å². The third-order valence-corrected chi connectivity index (χ3v) is 4.55. The number of hydrogen-bond acceptors (Lipinski definition) is 4. The fourth-order valence-corrected chi connectivity index (χ4v) is 3.04. The van der Waals surface area contributed by atoms with Crippen LogP contribution in [0.1, 0.15) is 12.5 Å². The highest BCUT2D eigenvalue weighted by Crippen LogP contribution is 2.22. The molecule has 0 amide bonds. The fraction of sp³-hybridized carbons (Fsp3) is 0.222. The van der Waals surface area contributed by atoms with Crippen LogP contribution >= 0.6 is 0 Å². The van der Waals surface area contributed by atoms with Gasteiger partial charge in [0.15, 0.2) is 0 Å². The maximum atomic E-state index is 12.3. The maximum Gasteiger partial charge on any atom is 0.245 e. The van der Waals surface area contributed by atoms with Gasteiger partial charge in [-0.2, -0.15) is 4.72 Å². The van der Waals surface area contributed by atoms with E-state index in [1.54, 1.807) is 44.4 Å². The second-order valence-electron chi connectivity index (χ2n) is 4.73. The van der Waals surface area contributed by atoms with Gasteiger partial charge >= 0.3 is 0 Å². The van der Waals surface area contributed by atoms with Crippen molar-refractivity contribution in [2.24, 2.45) is 0 Å². The Bertz CT molecular complexity index is 833. The van der Waals surface area contributed by atoms with Crippen molar-refractivity contribution < 1.29 is 17.9 Å². The summed E-state index contributed by atoms with van der Waals surface area (Å²) in [6.45, 7) is 2.20. The van der Waals surface area contributed by atoms with Gasteiger partial charge in [-0.1, -0.05) is 24.0 Å². The quantitative estimate of drug-likeness (QED) is 0.817. The molecular weight excluding hydrogens is 326 g/mol. The molecule has 0 aliphatic heterocycles. The van der Waals surface area contributed by atoms with E-state index in [-0.39, 0.29) is 11.4 Å². The number of rotatable bonds is 6. The van der Waals surface area contributed by atoms with Gasteiger partial charge in [0.2, 0.25) is 10.0 Å². The molecule has 2 aromatic rings. The molecule has 0 fully saturated rings. The van der Waals surface area contributed by atoms with Crippen LogP contribution in [0.5, 0.6) is 11.5 Å². The number of methoxy groups -OCH3 is 1. The lowest BCUT2D eigenvalue weighted by Crippen LogP contribution is -2.24. The van der Waals surface area contributed by atoms with Gasteiger partial charge in [-0.15, -0.1) is 0 Å². The van der Waals surface area contributed by atoms with Crippen molar-refractivity contribution in [1.82, 2.24) is 4.72 Å². The molecule has 0 aromatic heterocycles. The van der Waals surface area contributed by atoms with E-state index in [1.165, 1.54) is 6.07 Å². The van der Waals surface area contributed by atoms with Crippen molar-refractivity contribution in [3.8, 4) is 23.3 Å². The third kappa shape index (κ3) is 4.75.